The highest BCUT2D eigenvalue weighted by molar-refractivity contribution is 5.85. The molecule has 2 amide bonds. The number of nitrogens with one attached hydrogen (secondary N) is 1. The minimum absolute atomic E-state index is 0.350. The number of urea groups is 1. The number of nitrogens with zero attached hydrogens (tertiary/aromatic N) is 1. The van der Waals surface area contributed by atoms with Gasteiger partial charge < -0.3 is 20.4 Å². The molecule has 0 radical (unpaired) electrons. The van der Waals surface area contributed by atoms with Gasteiger partial charge in [-0.05, 0) is 26.7 Å². The third-order valence-electron chi connectivity index (χ3n) is 2.71. The molecule has 1 fully saturated rings. The predicted octanol–water partition coefficient (Wildman–Crippen LogP) is 0.0159. The van der Waals surface area contributed by atoms with Crippen LogP contribution in [0.2, 0.25) is 0 Å². The van der Waals surface area contributed by atoms with Gasteiger partial charge in [0.05, 0.1) is 6.10 Å². The van der Waals surface area contributed by atoms with Crippen LogP contribution in [0.4, 0.5) is 4.79 Å². The van der Waals surface area contributed by atoms with E-state index < -0.39 is 11.5 Å². The highest BCUT2D eigenvalue weighted by atomic mass is 16.4. The Bertz CT molecular complexity index is 283. The fourth-order valence-corrected chi connectivity index (χ4v) is 1.47. The topological polar surface area (TPSA) is 89.9 Å². The van der Waals surface area contributed by atoms with Crippen molar-refractivity contribution in [1.29, 1.82) is 0 Å². The summed E-state index contributed by atoms with van der Waals surface area (Å²) in [6.07, 6.45) is 0.735. The molecule has 0 unspecified atom stereocenters. The molecule has 0 atom stereocenters. The van der Waals surface area contributed by atoms with E-state index in [1.165, 1.54) is 18.7 Å². The molecule has 0 spiro atoms. The Kier molecular flexibility index (Phi) is 3.74. The molecule has 6 nitrogen and oxygen atoms in total. The van der Waals surface area contributed by atoms with Crippen LogP contribution in [0.15, 0.2) is 0 Å². The highest BCUT2D eigenvalue weighted by Crippen LogP contribution is 2.11. The second kappa shape index (κ2) is 4.69. The van der Waals surface area contributed by atoms with Crippen molar-refractivity contribution in [2.45, 2.75) is 38.3 Å². The quantitative estimate of drug-likeness (QED) is 0.623. The number of aliphatic hydroxyl groups is 1. The van der Waals surface area contributed by atoms with Crippen LogP contribution in [0.25, 0.3) is 0 Å². The summed E-state index contributed by atoms with van der Waals surface area (Å²) in [5.74, 6) is -1.07. The lowest BCUT2D eigenvalue weighted by molar-refractivity contribution is -0.143. The van der Waals surface area contributed by atoms with E-state index in [2.05, 4.69) is 5.32 Å². The van der Waals surface area contributed by atoms with E-state index in [-0.39, 0.29) is 12.1 Å². The van der Waals surface area contributed by atoms with Gasteiger partial charge in [-0.15, -0.1) is 0 Å². The van der Waals surface area contributed by atoms with E-state index in [4.69, 9.17) is 5.11 Å². The Morgan fingerprint density at radius 1 is 1.31 bits per heavy atom. The molecule has 1 saturated heterocycles. The first-order valence-electron chi connectivity index (χ1n) is 5.31. The molecule has 0 bridgehead atoms. The summed E-state index contributed by atoms with van der Waals surface area (Å²) in [4.78, 5) is 24.0. The summed E-state index contributed by atoms with van der Waals surface area (Å²) < 4.78 is 0. The molecule has 92 valence electrons. The highest BCUT2D eigenvalue weighted by Gasteiger charge is 2.31. The maximum absolute atomic E-state index is 11.7. The van der Waals surface area contributed by atoms with Crippen LogP contribution in [0.5, 0.6) is 0 Å². The summed E-state index contributed by atoms with van der Waals surface area (Å²) >= 11 is 0. The van der Waals surface area contributed by atoms with Gasteiger partial charge in [0.1, 0.15) is 5.54 Å². The number of hydrogen-bond donors (Lipinski definition) is 3. The molecular formula is C10H18N2O4. The van der Waals surface area contributed by atoms with Crippen molar-refractivity contribution in [2.24, 2.45) is 0 Å². The monoisotopic (exact) mass is 230 g/mol. The number of likely N-dealkylation sites (tertiary alicyclic amines) is 1. The molecule has 0 aromatic carbocycles. The van der Waals surface area contributed by atoms with Crippen LogP contribution in [0, 0.1) is 0 Å². The number of rotatable bonds is 2. The van der Waals surface area contributed by atoms with E-state index >= 15 is 0 Å². The zero-order valence-electron chi connectivity index (χ0n) is 9.56. The van der Waals surface area contributed by atoms with Crippen LogP contribution < -0.4 is 5.32 Å². The van der Waals surface area contributed by atoms with Crippen molar-refractivity contribution in [3.63, 3.8) is 0 Å². The fourth-order valence-electron chi connectivity index (χ4n) is 1.47. The Balaban J connectivity index is 2.50. The molecule has 0 aromatic rings. The summed E-state index contributed by atoms with van der Waals surface area (Å²) in [7, 11) is 0. The van der Waals surface area contributed by atoms with Crippen LogP contribution in [-0.4, -0.2) is 51.8 Å². The molecule has 1 heterocycles. The van der Waals surface area contributed by atoms with Gasteiger partial charge in [-0.1, -0.05) is 0 Å². The Morgan fingerprint density at radius 3 is 2.25 bits per heavy atom. The first-order valence-corrected chi connectivity index (χ1v) is 5.31. The van der Waals surface area contributed by atoms with Crippen molar-refractivity contribution in [3.8, 4) is 0 Å². The maximum Gasteiger partial charge on any atom is 0.328 e. The van der Waals surface area contributed by atoms with Gasteiger partial charge in [0.25, 0.3) is 0 Å². The number of carboxylic acids is 1. The van der Waals surface area contributed by atoms with Crippen molar-refractivity contribution in [2.75, 3.05) is 13.1 Å². The largest absolute Gasteiger partial charge is 0.480 e. The van der Waals surface area contributed by atoms with Gasteiger partial charge in [-0.25, -0.2) is 9.59 Å². The van der Waals surface area contributed by atoms with E-state index in [1.807, 2.05) is 0 Å². The molecule has 1 rings (SSSR count). The average Bonchev–Trinajstić information content (AvgIpc) is 2.17. The normalized spacial score (nSPS) is 18.3. The van der Waals surface area contributed by atoms with Gasteiger partial charge in [0, 0.05) is 13.1 Å². The number of piperidine rings is 1. The second-order valence-electron chi connectivity index (χ2n) is 4.58. The van der Waals surface area contributed by atoms with Gasteiger partial charge in [-0.2, -0.15) is 0 Å². The lowest BCUT2D eigenvalue weighted by Gasteiger charge is -2.32. The standard InChI is InChI=1S/C10H18N2O4/c1-10(2,8(14)15)11-9(16)12-5-3-7(13)4-6-12/h7,13H,3-6H2,1-2H3,(H,11,16)(H,14,15). The summed E-state index contributed by atoms with van der Waals surface area (Å²) in [6.45, 7) is 3.80. The minimum atomic E-state index is -1.27. The molecule has 0 saturated carbocycles. The first-order chi connectivity index (χ1) is 7.33. The number of aliphatic carboxylic acids is 1. The van der Waals surface area contributed by atoms with Crippen molar-refractivity contribution in [1.82, 2.24) is 10.2 Å². The molecule has 6 heteroatoms. The Hall–Kier alpha value is -1.30. The zero-order chi connectivity index (χ0) is 12.3. The van der Waals surface area contributed by atoms with Crippen LogP contribution in [0.1, 0.15) is 26.7 Å². The number of carbonyl (C=O) groups is 2. The van der Waals surface area contributed by atoms with Gasteiger partial charge in [-0.3, -0.25) is 0 Å². The second-order valence-corrected chi connectivity index (χ2v) is 4.58. The Labute approximate surface area is 94.2 Å². The van der Waals surface area contributed by atoms with Crippen molar-refractivity contribution in [3.05, 3.63) is 0 Å². The fraction of sp³-hybridized carbons (Fsp3) is 0.800. The summed E-state index contributed by atoms with van der Waals surface area (Å²) in [5.41, 5.74) is -1.27. The smallest absolute Gasteiger partial charge is 0.328 e. The maximum atomic E-state index is 11.7. The van der Waals surface area contributed by atoms with Gasteiger partial charge in [0.2, 0.25) is 0 Å². The van der Waals surface area contributed by atoms with Crippen LogP contribution in [-0.2, 0) is 4.79 Å². The number of carbonyl (C=O) groups excluding carboxylic acids is 1. The molecule has 1 aliphatic rings. The van der Waals surface area contributed by atoms with E-state index in [9.17, 15) is 14.7 Å². The summed E-state index contributed by atoms with van der Waals surface area (Å²) in [6, 6.07) is -0.390. The molecular weight excluding hydrogens is 212 g/mol. The van der Waals surface area contributed by atoms with Gasteiger partial charge >= 0.3 is 12.0 Å². The zero-order valence-corrected chi connectivity index (χ0v) is 9.56. The third-order valence-corrected chi connectivity index (χ3v) is 2.71. The van der Waals surface area contributed by atoms with Crippen LogP contribution in [0.3, 0.4) is 0 Å². The van der Waals surface area contributed by atoms with Gasteiger partial charge in [0.15, 0.2) is 0 Å². The summed E-state index contributed by atoms with van der Waals surface area (Å²) in [5, 5.41) is 20.6. The van der Waals surface area contributed by atoms with E-state index in [1.54, 1.807) is 0 Å². The SMILES string of the molecule is CC(C)(NC(=O)N1CCC(O)CC1)C(=O)O. The third kappa shape index (κ3) is 3.10. The molecule has 0 aromatic heterocycles. The lowest BCUT2D eigenvalue weighted by Crippen LogP contribution is -2.55. The number of aliphatic hydroxyl groups excluding tert-OH is 1. The molecule has 0 aliphatic carbocycles. The van der Waals surface area contributed by atoms with Crippen molar-refractivity contribution < 1.29 is 19.8 Å². The number of amides is 2. The van der Waals surface area contributed by atoms with Crippen molar-refractivity contribution >= 4 is 12.0 Å². The first kappa shape index (κ1) is 12.8. The van der Waals surface area contributed by atoms with E-state index in [0.29, 0.717) is 25.9 Å². The van der Waals surface area contributed by atoms with Crippen LogP contribution >= 0.6 is 0 Å². The average molecular weight is 230 g/mol. The molecule has 3 N–H and O–H groups in total. The number of hydrogen-bond acceptors (Lipinski definition) is 3. The van der Waals surface area contributed by atoms with E-state index in [0.717, 1.165) is 0 Å². The Morgan fingerprint density at radius 2 is 1.81 bits per heavy atom. The lowest BCUT2D eigenvalue weighted by atomic mass is 10.1. The molecule has 1 aliphatic heterocycles. The minimum Gasteiger partial charge on any atom is -0.480 e. The molecule has 16 heavy (non-hydrogen) atoms. The number of carboxylic acid groups (broad SMARTS) is 1. The predicted molar refractivity (Wildman–Crippen MR) is 57.1 cm³/mol.